The van der Waals surface area contributed by atoms with E-state index in [1.807, 2.05) is 0 Å². The first-order valence-corrected chi connectivity index (χ1v) is 7.06. The normalized spacial score (nSPS) is 17.5. The van der Waals surface area contributed by atoms with Gasteiger partial charge in [-0.15, -0.1) is 0 Å². The maximum atomic E-state index is 13.4. The predicted molar refractivity (Wildman–Crippen MR) is 64.8 cm³/mol. The van der Waals surface area contributed by atoms with Crippen molar-refractivity contribution >= 4 is 16.1 Å². The maximum Gasteiger partial charge on any atom is 0.277 e. The third-order valence-corrected chi connectivity index (χ3v) is 3.97. The Morgan fingerprint density at radius 1 is 1.32 bits per heavy atom. The lowest BCUT2D eigenvalue weighted by Crippen LogP contribution is -2.52. The molecule has 1 aromatic heterocycles. The van der Waals surface area contributed by atoms with Gasteiger partial charge in [-0.25, -0.2) is 9.53 Å². The Labute approximate surface area is 110 Å². The highest BCUT2D eigenvalue weighted by Gasteiger charge is 2.27. The van der Waals surface area contributed by atoms with Crippen LogP contribution in [-0.2, 0) is 10.2 Å². The van der Waals surface area contributed by atoms with Crippen molar-refractivity contribution in [2.45, 2.75) is 0 Å². The molecule has 0 aromatic carbocycles. The molecule has 1 amide bonds. The summed E-state index contributed by atoms with van der Waals surface area (Å²) in [5.74, 6) is -1.17. The molecule has 0 atom stereocenters. The van der Waals surface area contributed by atoms with Crippen molar-refractivity contribution in [3.05, 3.63) is 29.8 Å². The molecule has 1 aliphatic heterocycles. The fraction of sp³-hybridized carbons (Fsp3) is 0.400. The van der Waals surface area contributed by atoms with Crippen LogP contribution in [0.2, 0.25) is 0 Å². The average molecular weight is 288 g/mol. The monoisotopic (exact) mass is 288 g/mol. The Kier molecular flexibility index (Phi) is 3.78. The molecule has 1 fully saturated rings. The number of hydrogen-bond donors (Lipinski definition) is 1. The number of carbonyl (C=O) groups excluding carboxylic acids is 1. The van der Waals surface area contributed by atoms with Crippen molar-refractivity contribution < 1.29 is 17.6 Å². The van der Waals surface area contributed by atoms with Gasteiger partial charge in [0.05, 0.1) is 11.8 Å². The Hall–Kier alpha value is -1.58. The van der Waals surface area contributed by atoms with Crippen LogP contribution in [0.15, 0.2) is 18.5 Å². The summed E-state index contributed by atoms with van der Waals surface area (Å²) in [4.78, 5) is 17.0. The predicted octanol–water partition coefficient (Wildman–Crippen LogP) is -0.818. The van der Waals surface area contributed by atoms with Crippen molar-refractivity contribution in [1.82, 2.24) is 14.2 Å². The van der Waals surface area contributed by atoms with Crippen LogP contribution in [0.4, 0.5) is 4.39 Å². The van der Waals surface area contributed by atoms with E-state index in [9.17, 15) is 17.6 Å². The van der Waals surface area contributed by atoms with Gasteiger partial charge in [0.15, 0.2) is 5.82 Å². The van der Waals surface area contributed by atoms with Gasteiger partial charge in [0, 0.05) is 32.4 Å². The van der Waals surface area contributed by atoms with Gasteiger partial charge in [-0.2, -0.15) is 12.7 Å². The zero-order valence-corrected chi connectivity index (χ0v) is 10.8. The molecule has 19 heavy (non-hydrogen) atoms. The van der Waals surface area contributed by atoms with Gasteiger partial charge < -0.3 is 4.90 Å². The molecule has 0 radical (unpaired) electrons. The van der Waals surface area contributed by atoms with Gasteiger partial charge in [-0.1, -0.05) is 0 Å². The second kappa shape index (κ2) is 5.19. The molecule has 0 aliphatic carbocycles. The zero-order chi connectivity index (χ0) is 14.0. The lowest BCUT2D eigenvalue weighted by molar-refractivity contribution is 0.0693. The minimum Gasteiger partial charge on any atom is -0.336 e. The molecule has 0 bridgehead atoms. The molecule has 1 aliphatic rings. The van der Waals surface area contributed by atoms with E-state index in [-0.39, 0.29) is 31.7 Å². The molecule has 2 heterocycles. The van der Waals surface area contributed by atoms with Crippen molar-refractivity contribution in [3.8, 4) is 0 Å². The number of halogens is 1. The third kappa shape index (κ3) is 3.06. The lowest BCUT2D eigenvalue weighted by Gasteiger charge is -2.32. The van der Waals surface area contributed by atoms with Crippen molar-refractivity contribution in [2.75, 3.05) is 26.2 Å². The second-order valence-electron chi connectivity index (χ2n) is 4.09. The minimum absolute atomic E-state index is 0.0703. The van der Waals surface area contributed by atoms with E-state index < -0.39 is 21.9 Å². The summed E-state index contributed by atoms with van der Waals surface area (Å²) in [7, 11) is -3.74. The van der Waals surface area contributed by atoms with Gasteiger partial charge in [-0.3, -0.25) is 9.78 Å². The summed E-state index contributed by atoms with van der Waals surface area (Å²) in [5, 5.41) is 4.99. The highest BCUT2D eigenvalue weighted by molar-refractivity contribution is 7.86. The molecule has 0 spiro atoms. The average Bonchev–Trinajstić information content (AvgIpc) is 2.38. The second-order valence-corrected chi connectivity index (χ2v) is 5.64. The van der Waals surface area contributed by atoms with Crippen LogP contribution >= 0.6 is 0 Å². The molecule has 7 nitrogen and oxygen atoms in total. The first-order valence-electron chi connectivity index (χ1n) is 5.56. The van der Waals surface area contributed by atoms with Gasteiger partial charge in [-0.05, 0) is 6.07 Å². The van der Waals surface area contributed by atoms with Crippen LogP contribution in [0.1, 0.15) is 10.4 Å². The smallest absolute Gasteiger partial charge is 0.277 e. The first kappa shape index (κ1) is 13.8. The maximum absolute atomic E-state index is 13.4. The lowest BCUT2D eigenvalue weighted by atomic mass is 10.2. The molecule has 104 valence electrons. The zero-order valence-electron chi connectivity index (χ0n) is 9.99. The number of pyridine rings is 1. The van der Waals surface area contributed by atoms with E-state index in [1.165, 1.54) is 17.2 Å². The molecule has 0 unspecified atom stereocenters. The van der Waals surface area contributed by atoms with Crippen LogP contribution in [0, 0.1) is 5.82 Å². The molecule has 1 aromatic rings. The molecular weight excluding hydrogens is 275 g/mol. The summed E-state index contributed by atoms with van der Waals surface area (Å²) in [6, 6.07) is 1.30. The Morgan fingerprint density at radius 3 is 2.47 bits per heavy atom. The first-order chi connectivity index (χ1) is 8.89. The largest absolute Gasteiger partial charge is 0.336 e. The third-order valence-electron chi connectivity index (χ3n) is 2.89. The minimum atomic E-state index is -3.74. The quantitative estimate of drug-likeness (QED) is 0.769. The van der Waals surface area contributed by atoms with Gasteiger partial charge in [0.2, 0.25) is 0 Å². The van der Waals surface area contributed by atoms with E-state index in [0.717, 1.165) is 10.5 Å². The van der Waals surface area contributed by atoms with Crippen molar-refractivity contribution in [1.29, 1.82) is 0 Å². The molecule has 2 N–H and O–H groups in total. The number of amides is 1. The number of piperazine rings is 1. The fourth-order valence-corrected chi connectivity index (χ4v) is 2.54. The van der Waals surface area contributed by atoms with E-state index in [1.54, 1.807) is 0 Å². The Morgan fingerprint density at radius 2 is 1.95 bits per heavy atom. The van der Waals surface area contributed by atoms with Crippen molar-refractivity contribution in [2.24, 2.45) is 5.14 Å². The molecule has 9 heteroatoms. The Bertz CT molecular complexity index is 584. The molecule has 1 saturated heterocycles. The van der Waals surface area contributed by atoms with Gasteiger partial charge in [0.25, 0.3) is 16.1 Å². The van der Waals surface area contributed by atoms with Crippen LogP contribution in [-0.4, -0.2) is 54.7 Å². The van der Waals surface area contributed by atoms with E-state index >= 15 is 0 Å². The van der Waals surface area contributed by atoms with Crippen LogP contribution in [0.25, 0.3) is 0 Å². The standard InChI is InChI=1S/C10H13FN4O3S/c11-9-7-13-2-1-8(9)10(16)14-3-5-15(6-4-14)19(12,17)18/h1-2,7H,3-6H2,(H2,12,17,18). The summed E-state index contributed by atoms with van der Waals surface area (Å²) in [6.07, 6.45) is 2.30. The highest BCUT2D eigenvalue weighted by Crippen LogP contribution is 2.12. The molecular formula is C10H13FN4O3S. The number of nitrogens with two attached hydrogens (primary N) is 1. The van der Waals surface area contributed by atoms with E-state index in [0.29, 0.717) is 0 Å². The fourth-order valence-electron chi connectivity index (χ4n) is 1.86. The topological polar surface area (TPSA) is 96.6 Å². The SMILES string of the molecule is NS(=O)(=O)N1CCN(C(=O)c2ccncc2F)CC1. The van der Waals surface area contributed by atoms with E-state index in [2.05, 4.69) is 4.98 Å². The molecule has 2 rings (SSSR count). The number of hydrogen-bond acceptors (Lipinski definition) is 4. The molecule has 0 saturated carbocycles. The number of aromatic nitrogens is 1. The summed E-state index contributed by atoms with van der Waals surface area (Å²) in [5.41, 5.74) is -0.0703. The number of carbonyl (C=O) groups is 1. The van der Waals surface area contributed by atoms with Crippen LogP contribution in [0.3, 0.4) is 0 Å². The van der Waals surface area contributed by atoms with Gasteiger partial charge >= 0.3 is 0 Å². The number of nitrogens with zero attached hydrogens (tertiary/aromatic N) is 3. The summed E-state index contributed by atoms with van der Waals surface area (Å²) >= 11 is 0. The summed E-state index contributed by atoms with van der Waals surface area (Å²) < 4.78 is 36.7. The highest BCUT2D eigenvalue weighted by atomic mass is 32.2. The van der Waals surface area contributed by atoms with Gasteiger partial charge in [0.1, 0.15) is 0 Å². The number of rotatable bonds is 2. The van der Waals surface area contributed by atoms with Crippen molar-refractivity contribution in [3.63, 3.8) is 0 Å². The van der Waals surface area contributed by atoms with Crippen LogP contribution < -0.4 is 5.14 Å². The van der Waals surface area contributed by atoms with Crippen LogP contribution in [0.5, 0.6) is 0 Å². The summed E-state index contributed by atoms with van der Waals surface area (Å²) in [6.45, 7) is 0.572. The van der Waals surface area contributed by atoms with E-state index in [4.69, 9.17) is 5.14 Å². The Balaban J connectivity index is 2.07.